The largest absolute Gasteiger partial charge is 0.478 e. The van der Waals surface area contributed by atoms with Gasteiger partial charge in [0.25, 0.3) is 5.91 Å². The Morgan fingerprint density at radius 3 is 2.41 bits per heavy atom. The number of halogens is 1. The average molecular weight is 374 g/mol. The van der Waals surface area contributed by atoms with Gasteiger partial charge in [0.05, 0.1) is 17.9 Å². The molecular weight excluding hydrogens is 355 g/mol. The summed E-state index contributed by atoms with van der Waals surface area (Å²) >= 11 is 0. The molecule has 0 spiro atoms. The van der Waals surface area contributed by atoms with Crippen LogP contribution >= 0.6 is 0 Å². The number of carboxylic acids is 1. The van der Waals surface area contributed by atoms with Crippen LogP contribution < -0.4 is 10.2 Å². The molecule has 0 aromatic heterocycles. The summed E-state index contributed by atoms with van der Waals surface area (Å²) in [6.45, 7) is 1.79. The molecule has 0 heterocycles. The highest BCUT2D eigenvalue weighted by molar-refractivity contribution is 6.05. The molecule has 27 heavy (non-hydrogen) atoms. The number of ether oxygens (including phenoxy) is 1. The standard InChI is InChI=1S/C19H19FN2O5/c1-3-27-17(23)11-22(2)16-9-8-14(10-15(16)19(25)26)21-18(24)12-4-6-13(20)7-5-12/h4-10H,3,11H2,1-2H3,(H,21,24)(H,25,26). The van der Waals surface area contributed by atoms with Crippen LogP contribution in [0.15, 0.2) is 42.5 Å². The van der Waals surface area contributed by atoms with Crippen molar-refractivity contribution in [2.24, 2.45) is 0 Å². The predicted octanol–water partition coefficient (Wildman–Crippen LogP) is 2.78. The molecule has 0 aliphatic rings. The fourth-order valence-corrected chi connectivity index (χ4v) is 2.41. The van der Waals surface area contributed by atoms with Crippen LogP contribution in [0.4, 0.5) is 15.8 Å². The molecule has 0 bridgehead atoms. The van der Waals surface area contributed by atoms with Crippen molar-refractivity contribution in [3.05, 3.63) is 59.4 Å². The van der Waals surface area contributed by atoms with E-state index in [-0.39, 0.29) is 30.0 Å². The summed E-state index contributed by atoms with van der Waals surface area (Å²) in [5.41, 5.74) is 0.709. The van der Waals surface area contributed by atoms with Crippen LogP contribution in [0, 0.1) is 5.82 Å². The van der Waals surface area contributed by atoms with Crippen molar-refractivity contribution in [2.45, 2.75) is 6.92 Å². The Hall–Kier alpha value is -3.42. The number of carboxylic acid groups (broad SMARTS) is 1. The lowest BCUT2D eigenvalue weighted by Crippen LogP contribution is -2.28. The normalized spacial score (nSPS) is 10.2. The van der Waals surface area contributed by atoms with Gasteiger partial charge in [-0.2, -0.15) is 0 Å². The molecule has 2 aromatic rings. The zero-order chi connectivity index (χ0) is 20.0. The minimum Gasteiger partial charge on any atom is -0.478 e. The molecule has 0 unspecified atom stereocenters. The molecule has 2 aromatic carbocycles. The number of amides is 1. The van der Waals surface area contributed by atoms with E-state index in [9.17, 15) is 23.9 Å². The molecule has 0 radical (unpaired) electrons. The van der Waals surface area contributed by atoms with Crippen molar-refractivity contribution >= 4 is 29.2 Å². The minimum atomic E-state index is -1.21. The SMILES string of the molecule is CCOC(=O)CN(C)c1ccc(NC(=O)c2ccc(F)cc2)cc1C(=O)O. The van der Waals surface area contributed by atoms with Crippen molar-refractivity contribution in [2.75, 3.05) is 30.4 Å². The molecule has 0 aliphatic carbocycles. The van der Waals surface area contributed by atoms with Gasteiger partial charge in [-0.3, -0.25) is 9.59 Å². The maximum absolute atomic E-state index is 12.9. The van der Waals surface area contributed by atoms with E-state index in [1.54, 1.807) is 14.0 Å². The maximum Gasteiger partial charge on any atom is 0.337 e. The highest BCUT2D eigenvalue weighted by atomic mass is 19.1. The maximum atomic E-state index is 12.9. The van der Waals surface area contributed by atoms with Gasteiger partial charge < -0.3 is 20.1 Å². The Bertz CT molecular complexity index is 852. The molecule has 7 nitrogen and oxygen atoms in total. The first-order valence-corrected chi connectivity index (χ1v) is 8.12. The Labute approximate surface area is 155 Å². The molecular formula is C19H19FN2O5. The predicted molar refractivity (Wildman–Crippen MR) is 97.7 cm³/mol. The number of aromatic carboxylic acids is 1. The monoisotopic (exact) mass is 374 g/mol. The Kier molecular flexibility index (Phi) is 6.48. The van der Waals surface area contributed by atoms with Gasteiger partial charge in [0.15, 0.2) is 0 Å². The van der Waals surface area contributed by atoms with E-state index in [2.05, 4.69) is 5.32 Å². The van der Waals surface area contributed by atoms with Crippen LogP contribution in [0.3, 0.4) is 0 Å². The number of rotatable bonds is 7. The number of hydrogen-bond acceptors (Lipinski definition) is 5. The molecule has 142 valence electrons. The van der Waals surface area contributed by atoms with Gasteiger partial charge in [-0.25, -0.2) is 9.18 Å². The van der Waals surface area contributed by atoms with Crippen LogP contribution in [0.1, 0.15) is 27.6 Å². The van der Waals surface area contributed by atoms with Gasteiger partial charge in [-0.15, -0.1) is 0 Å². The van der Waals surface area contributed by atoms with E-state index in [0.717, 1.165) is 12.1 Å². The van der Waals surface area contributed by atoms with E-state index in [1.165, 1.54) is 35.2 Å². The topological polar surface area (TPSA) is 95.9 Å². The lowest BCUT2D eigenvalue weighted by Gasteiger charge is -2.21. The molecule has 0 atom stereocenters. The Morgan fingerprint density at radius 1 is 1.15 bits per heavy atom. The zero-order valence-corrected chi connectivity index (χ0v) is 14.9. The van der Waals surface area contributed by atoms with E-state index >= 15 is 0 Å². The van der Waals surface area contributed by atoms with Crippen LogP contribution in [0.5, 0.6) is 0 Å². The fourth-order valence-electron chi connectivity index (χ4n) is 2.41. The quantitative estimate of drug-likeness (QED) is 0.724. The summed E-state index contributed by atoms with van der Waals surface area (Å²) in [6.07, 6.45) is 0. The second-order valence-corrected chi connectivity index (χ2v) is 5.66. The third kappa shape index (κ3) is 5.27. The highest BCUT2D eigenvalue weighted by Gasteiger charge is 2.18. The van der Waals surface area contributed by atoms with Crippen molar-refractivity contribution in [3.63, 3.8) is 0 Å². The van der Waals surface area contributed by atoms with E-state index in [0.29, 0.717) is 5.69 Å². The number of likely N-dealkylation sites (N-methyl/N-ethyl adjacent to an activating group) is 1. The molecule has 2 N–H and O–H groups in total. The fraction of sp³-hybridized carbons (Fsp3) is 0.211. The first-order chi connectivity index (χ1) is 12.8. The molecule has 0 saturated carbocycles. The molecule has 0 aliphatic heterocycles. The van der Waals surface area contributed by atoms with Crippen LogP contribution in [-0.2, 0) is 9.53 Å². The van der Waals surface area contributed by atoms with Crippen LogP contribution in [0.25, 0.3) is 0 Å². The number of benzene rings is 2. The van der Waals surface area contributed by atoms with E-state index in [4.69, 9.17) is 4.74 Å². The molecule has 0 fully saturated rings. The van der Waals surface area contributed by atoms with Crippen LogP contribution in [0.2, 0.25) is 0 Å². The Morgan fingerprint density at radius 2 is 1.81 bits per heavy atom. The van der Waals surface area contributed by atoms with Gasteiger partial charge in [-0.05, 0) is 49.4 Å². The summed E-state index contributed by atoms with van der Waals surface area (Å²) in [5, 5.41) is 12.0. The van der Waals surface area contributed by atoms with E-state index in [1.807, 2.05) is 0 Å². The zero-order valence-electron chi connectivity index (χ0n) is 14.9. The summed E-state index contributed by atoms with van der Waals surface area (Å²) in [7, 11) is 1.56. The number of anilines is 2. The number of carbonyl (C=O) groups excluding carboxylic acids is 2. The number of nitrogens with one attached hydrogen (secondary N) is 1. The number of esters is 1. The van der Waals surface area contributed by atoms with Crippen molar-refractivity contribution < 1.29 is 28.6 Å². The highest BCUT2D eigenvalue weighted by Crippen LogP contribution is 2.24. The Balaban J connectivity index is 2.21. The molecule has 8 heteroatoms. The summed E-state index contributed by atoms with van der Waals surface area (Å²) < 4.78 is 17.8. The smallest absolute Gasteiger partial charge is 0.337 e. The minimum absolute atomic E-state index is 0.0845. The second-order valence-electron chi connectivity index (χ2n) is 5.66. The summed E-state index contributed by atoms with van der Waals surface area (Å²) in [6, 6.07) is 9.26. The number of nitrogens with zero attached hydrogens (tertiary/aromatic N) is 1. The molecule has 0 saturated heterocycles. The van der Waals surface area contributed by atoms with Gasteiger partial charge in [0.1, 0.15) is 12.4 Å². The first kappa shape index (κ1) is 19.9. The van der Waals surface area contributed by atoms with Gasteiger partial charge in [0, 0.05) is 18.3 Å². The molecule has 1 amide bonds. The van der Waals surface area contributed by atoms with Crippen molar-refractivity contribution in [3.8, 4) is 0 Å². The second kappa shape index (κ2) is 8.79. The van der Waals surface area contributed by atoms with Gasteiger partial charge in [-0.1, -0.05) is 0 Å². The number of carbonyl (C=O) groups is 3. The third-order valence-electron chi connectivity index (χ3n) is 3.67. The lowest BCUT2D eigenvalue weighted by molar-refractivity contribution is -0.141. The van der Waals surface area contributed by atoms with E-state index < -0.39 is 23.7 Å². The van der Waals surface area contributed by atoms with Crippen molar-refractivity contribution in [1.82, 2.24) is 0 Å². The first-order valence-electron chi connectivity index (χ1n) is 8.12. The summed E-state index contributed by atoms with van der Waals surface area (Å²) in [5.74, 6) is -2.66. The number of hydrogen-bond donors (Lipinski definition) is 2. The molecule has 2 rings (SSSR count). The van der Waals surface area contributed by atoms with Gasteiger partial charge >= 0.3 is 11.9 Å². The van der Waals surface area contributed by atoms with Gasteiger partial charge in [0.2, 0.25) is 0 Å². The third-order valence-corrected chi connectivity index (χ3v) is 3.67. The van der Waals surface area contributed by atoms with Crippen LogP contribution in [-0.4, -0.2) is 43.2 Å². The van der Waals surface area contributed by atoms with Crippen molar-refractivity contribution in [1.29, 1.82) is 0 Å². The summed E-state index contributed by atoms with van der Waals surface area (Å²) in [4.78, 5) is 36.8. The average Bonchev–Trinajstić information content (AvgIpc) is 2.62. The lowest BCUT2D eigenvalue weighted by atomic mass is 10.1.